The molecule has 1 aromatic rings. The van der Waals surface area contributed by atoms with Gasteiger partial charge in [0.25, 0.3) is 0 Å². The van der Waals surface area contributed by atoms with Gasteiger partial charge in [0.2, 0.25) is 0 Å². The molecule has 0 saturated carbocycles. The van der Waals surface area contributed by atoms with Gasteiger partial charge in [-0.15, -0.1) is 8.17 Å². The molecule has 10 heteroatoms. The first-order valence-corrected chi connectivity index (χ1v) is 3.02. The zero-order valence-corrected chi connectivity index (χ0v) is 6.39. The minimum absolute atomic E-state index is 0. The summed E-state index contributed by atoms with van der Waals surface area (Å²) in [6.07, 6.45) is 0. The SMILES string of the molecule is O=c1[nH]c(=O)n(Cl)c(=O)n1Cl.[NaH].[NaH]. The molecular weight excluding hydrogens is 243 g/mol. The maximum atomic E-state index is 10.7. The van der Waals surface area contributed by atoms with Gasteiger partial charge < -0.3 is 0 Å². The number of H-pyrrole nitrogens is 1. The topological polar surface area (TPSA) is 76.9 Å². The maximum absolute atomic E-state index is 10.7. The average molecular weight is 246 g/mol. The van der Waals surface area contributed by atoms with Crippen molar-refractivity contribution in [3.8, 4) is 0 Å². The number of rotatable bonds is 0. The number of nitrogens with one attached hydrogen (secondary N) is 1. The van der Waals surface area contributed by atoms with Gasteiger partial charge in [0, 0.05) is 23.6 Å². The Balaban J connectivity index is 0. The summed E-state index contributed by atoms with van der Waals surface area (Å²) in [4.78, 5) is 33.4. The van der Waals surface area contributed by atoms with Crippen LogP contribution in [0.25, 0.3) is 0 Å². The van der Waals surface area contributed by atoms with Crippen LogP contribution in [-0.2, 0) is 0 Å². The molecule has 13 heavy (non-hydrogen) atoms. The Morgan fingerprint density at radius 1 is 0.923 bits per heavy atom. The van der Waals surface area contributed by atoms with Crippen molar-refractivity contribution in [2.45, 2.75) is 0 Å². The Kier molecular flexibility index (Phi) is 8.17. The second kappa shape index (κ2) is 6.47. The van der Waals surface area contributed by atoms with Gasteiger partial charge in [-0.2, -0.15) is 0 Å². The van der Waals surface area contributed by atoms with E-state index in [1.807, 2.05) is 0 Å². The molecule has 0 radical (unpaired) electrons. The second-order valence-electron chi connectivity index (χ2n) is 1.58. The van der Waals surface area contributed by atoms with Crippen molar-refractivity contribution < 1.29 is 0 Å². The first kappa shape index (κ1) is 16.4. The summed E-state index contributed by atoms with van der Waals surface area (Å²) >= 11 is 10.1. The Morgan fingerprint density at radius 2 is 1.23 bits per heavy atom. The molecule has 0 spiro atoms. The number of hydrogen-bond donors (Lipinski definition) is 1. The number of hydrogen-bond acceptors (Lipinski definition) is 3. The van der Waals surface area contributed by atoms with E-state index >= 15 is 0 Å². The quantitative estimate of drug-likeness (QED) is 0.510. The molecule has 64 valence electrons. The van der Waals surface area contributed by atoms with Gasteiger partial charge >= 0.3 is 76.2 Å². The monoisotopic (exact) mass is 245 g/mol. The van der Waals surface area contributed by atoms with Crippen LogP contribution in [0.1, 0.15) is 0 Å². The predicted octanol–water partition coefficient (Wildman–Crippen LogP) is -2.59. The Labute approximate surface area is 126 Å². The molecule has 1 heterocycles. The Morgan fingerprint density at radius 3 is 1.54 bits per heavy atom. The molecule has 6 nitrogen and oxygen atoms in total. The summed E-state index contributed by atoms with van der Waals surface area (Å²) in [7, 11) is 0. The van der Waals surface area contributed by atoms with Crippen molar-refractivity contribution in [2.24, 2.45) is 0 Å². The van der Waals surface area contributed by atoms with Crippen molar-refractivity contribution in [1.29, 1.82) is 0 Å². The predicted molar refractivity (Wildman–Crippen MR) is 52.4 cm³/mol. The molecule has 0 atom stereocenters. The molecule has 0 aliphatic heterocycles. The van der Waals surface area contributed by atoms with E-state index in [1.54, 1.807) is 4.98 Å². The fourth-order valence-corrected chi connectivity index (χ4v) is 0.715. The van der Waals surface area contributed by atoms with E-state index in [9.17, 15) is 14.4 Å². The first-order valence-electron chi connectivity index (χ1n) is 2.34. The van der Waals surface area contributed by atoms with Crippen LogP contribution in [0.5, 0.6) is 0 Å². The summed E-state index contributed by atoms with van der Waals surface area (Å²) in [6, 6.07) is 0. The summed E-state index contributed by atoms with van der Waals surface area (Å²) < 4.78 is 0.322. The molecule has 0 aliphatic carbocycles. The van der Waals surface area contributed by atoms with Gasteiger partial charge in [-0.25, -0.2) is 14.4 Å². The van der Waals surface area contributed by atoms with E-state index in [0.29, 0.717) is 0 Å². The van der Waals surface area contributed by atoms with Gasteiger partial charge in [-0.05, 0) is 0 Å². The van der Waals surface area contributed by atoms with Crippen molar-refractivity contribution in [3.05, 3.63) is 31.5 Å². The fraction of sp³-hybridized carbons (Fsp3) is 0. The van der Waals surface area contributed by atoms with Crippen LogP contribution in [0.3, 0.4) is 0 Å². The van der Waals surface area contributed by atoms with Crippen LogP contribution < -0.4 is 17.1 Å². The minimum atomic E-state index is -1.10. The van der Waals surface area contributed by atoms with E-state index < -0.39 is 17.1 Å². The molecule has 0 fully saturated rings. The fourth-order valence-electron chi connectivity index (χ4n) is 0.440. The van der Waals surface area contributed by atoms with Crippen LogP contribution in [0.15, 0.2) is 14.4 Å². The van der Waals surface area contributed by atoms with Crippen LogP contribution >= 0.6 is 23.6 Å². The zero-order valence-electron chi connectivity index (χ0n) is 4.88. The summed E-state index contributed by atoms with van der Waals surface area (Å²) in [6.45, 7) is 0. The van der Waals surface area contributed by atoms with Crippen LogP contribution in [0.2, 0.25) is 0 Å². The number of aromatic amines is 1. The van der Waals surface area contributed by atoms with Gasteiger partial charge in [-0.3, -0.25) is 4.98 Å². The summed E-state index contributed by atoms with van der Waals surface area (Å²) in [5.41, 5.74) is -3.13. The molecule has 1 aromatic heterocycles. The Bertz CT molecular complexity index is 411. The molecule has 0 aliphatic rings. The molecule has 1 rings (SSSR count). The molecule has 0 bridgehead atoms. The molecule has 0 saturated heterocycles. The normalized spacial score (nSPS) is 8.46. The molecule has 1 N–H and O–H groups in total. The molecule has 0 amide bonds. The van der Waals surface area contributed by atoms with Crippen molar-refractivity contribution in [3.63, 3.8) is 0 Å². The average Bonchev–Trinajstić information content (AvgIpc) is 1.97. The third-order valence-electron chi connectivity index (χ3n) is 0.906. The molecule has 0 unspecified atom stereocenters. The number of nitrogens with zero attached hydrogens (tertiary/aromatic N) is 2. The van der Waals surface area contributed by atoms with Crippen molar-refractivity contribution in [1.82, 2.24) is 13.2 Å². The third-order valence-corrected chi connectivity index (χ3v) is 1.50. The number of aromatic nitrogens is 3. The van der Waals surface area contributed by atoms with E-state index in [4.69, 9.17) is 23.6 Å². The van der Waals surface area contributed by atoms with E-state index in [2.05, 4.69) is 0 Å². The van der Waals surface area contributed by atoms with Crippen LogP contribution in [0, 0.1) is 0 Å². The van der Waals surface area contributed by atoms with Crippen LogP contribution in [-0.4, -0.2) is 72.3 Å². The number of halogens is 2. The van der Waals surface area contributed by atoms with Gasteiger partial charge in [0.1, 0.15) is 0 Å². The van der Waals surface area contributed by atoms with E-state index in [0.717, 1.165) is 0 Å². The van der Waals surface area contributed by atoms with Crippen molar-refractivity contribution >= 4 is 82.7 Å². The zero-order chi connectivity index (χ0) is 8.59. The van der Waals surface area contributed by atoms with Crippen LogP contribution in [0.4, 0.5) is 0 Å². The molecular formula is C3H3Cl2N3Na2O3. The molecule has 0 aromatic carbocycles. The van der Waals surface area contributed by atoms with E-state index in [1.165, 1.54) is 0 Å². The standard InChI is InChI=1S/C3HCl2N3O3.2Na.2H/c4-7-1(9)6-2(10)8(5)3(7)11;;;;/h(H,6,9,10);;;;. The van der Waals surface area contributed by atoms with E-state index in [-0.39, 0.29) is 67.3 Å². The summed E-state index contributed by atoms with van der Waals surface area (Å²) in [5, 5.41) is 0. The first-order chi connectivity index (χ1) is 5.04. The van der Waals surface area contributed by atoms with Gasteiger partial charge in [-0.1, -0.05) is 0 Å². The summed E-state index contributed by atoms with van der Waals surface area (Å²) in [5.74, 6) is 0. The second-order valence-corrected chi connectivity index (χ2v) is 2.26. The Hall–Kier alpha value is 0.990. The van der Waals surface area contributed by atoms with Crippen molar-refractivity contribution in [2.75, 3.05) is 0 Å². The van der Waals surface area contributed by atoms with Gasteiger partial charge in [0.05, 0.1) is 0 Å². The van der Waals surface area contributed by atoms with Gasteiger partial charge in [0.15, 0.2) is 0 Å². The third kappa shape index (κ3) is 3.56.